The number of ether oxygens (including phenoxy) is 1. The Bertz CT molecular complexity index is 496. The minimum atomic E-state index is -3.22. The van der Waals surface area contributed by atoms with Crippen LogP contribution >= 0.6 is 24.0 Å². The summed E-state index contributed by atoms with van der Waals surface area (Å²) in [5.41, 5.74) is 0. The molecule has 0 bridgehead atoms. The molecule has 3 N–H and O–H groups in total. The minimum absolute atomic E-state index is 0. The summed E-state index contributed by atoms with van der Waals surface area (Å²) in [5.74, 6) is 1.65. The summed E-state index contributed by atoms with van der Waals surface area (Å²) in [5, 5.41) is 6.27. The molecule has 0 saturated heterocycles. The molecule has 26 heavy (non-hydrogen) atoms. The van der Waals surface area contributed by atoms with Gasteiger partial charge in [-0.1, -0.05) is 20.3 Å². The molecule has 0 aliphatic heterocycles. The first-order valence-electron chi connectivity index (χ1n) is 9.41. The van der Waals surface area contributed by atoms with Crippen LogP contribution in [-0.4, -0.2) is 59.5 Å². The van der Waals surface area contributed by atoms with E-state index in [2.05, 4.69) is 34.2 Å². The van der Waals surface area contributed by atoms with Gasteiger partial charge < -0.3 is 15.4 Å². The first-order chi connectivity index (χ1) is 11.9. The Morgan fingerprint density at radius 3 is 2.38 bits per heavy atom. The van der Waals surface area contributed by atoms with E-state index in [1.165, 1.54) is 6.42 Å². The van der Waals surface area contributed by atoms with E-state index in [0.717, 1.165) is 25.8 Å². The largest absolute Gasteiger partial charge is 0.378 e. The number of aliphatic imine (C=N–C) groups is 1. The SMILES string of the molecule is CCOC(CCNC(=NC)NCCS(=O)(=O)NCC1CCC1)C(C)C.I. The highest BCUT2D eigenvalue weighted by Gasteiger charge is 2.20. The van der Waals surface area contributed by atoms with Gasteiger partial charge in [0.2, 0.25) is 10.0 Å². The van der Waals surface area contributed by atoms with Gasteiger partial charge in [-0.25, -0.2) is 13.1 Å². The predicted molar refractivity (Wildman–Crippen MR) is 119 cm³/mol. The second kappa shape index (κ2) is 14.0. The van der Waals surface area contributed by atoms with Gasteiger partial charge in [0, 0.05) is 33.3 Å². The maximum absolute atomic E-state index is 12.0. The van der Waals surface area contributed by atoms with Crippen molar-refractivity contribution in [3.05, 3.63) is 0 Å². The summed E-state index contributed by atoms with van der Waals surface area (Å²) in [6, 6.07) is 0. The highest BCUT2D eigenvalue weighted by molar-refractivity contribution is 14.0. The number of sulfonamides is 1. The van der Waals surface area contributed by atoms with Crippen LogP contribution in [0.5, 0.6) is 0 Å². The standard InChI is InChI=1S/C17H36N4O3S.HI/c1-5-24-16(14(2)3)9-10-19-17(18-4)20-11-12-25(22,23)21-13-15-7-6-8-15;/h14-16,21H,5-13H2,1-4H3,(H2,18,19,20);1H. The van der Waals surface area contributed by atoms with E-state index >= 15 is 0 Å². The van der Waals surface area contributed by atoms with Crippen molar-refractivity contribution in [1.82, 2.24) is 15.4 Å². The number of nitrogens with zero attached hydrogens (tertiary/aromatic N) is 1. The smallest absolute Gasteiger partial charge is 0.213 e. The Morgan fingerprint density at radius 1 is 1.23 bits per heavy atom. The molecule has 9 heteroatoms. The molecule has 1 fully saturated rings. The maximum atomic E-state index is 12.0. The fourth-order valence-electron chi connectivity index (χ4n) is 2.69. The van der Waals surface area contributed by atoms with Gasteiger partial charge in [0.25, 0.3) is 0 Å². The fourth-order valence-corrected chi connectivity index (χ4v) is 3.70. The summed E-state index contributed by atoms with van der Waals surface area (Å²) < 4.78 is 32.3. The Labute approximate surface area is 176 Å². The lowest BCUT2D eigenvalue weighted by molar-refractivity contribution is 0.0258. The van der Waals surface area contributed by atoms with Gasteiger partial charge >= 0.3 is 0 Å². The van der Waals surface area contributed by atoms with Crippen LogP contribution in [0.25, 0.3) is 0 Å². The van der Waals surface area contributed by atoms with Crippen LogP contribution in [0, 0.1) is 11.8 Å². The van der Waals surface area contributed by atoms with Crippen molar-refractivity contribution < 1.29 is 13.2 Å². The van der Waals surface area contributed by atoms with E-state index in [1.54, 1.807) is 7.05 Å². The van der Waals surface area contributed by atoms with Crippen LogP contribution in [0.15, 0.2) is 4.99 Å². The number of guanidine groups is 1. The van der Waals surface area contributed by atoms with Crippen molar-refractivity contribution >= 4 is 40.0 Å². The van der Waals surface area contributed by atoms with Crippen molar-refractivity contribution in [3.63, 3.8) is 0 Å². The van der Waals surface area contributed by atoms with E-state index in [1.807, 2.05) is 6.92 Å². The van der Waals surface area contributed by atoms with Gasteiger partial charge in [0.1, 0.15) is 0 Å². The number of nitrogens with one attached hydrogen (secondary N) is 3. The van der Waals surface area contributed by atoms with Gasteiger partial charge in [-0.3, -0.25) is 4.99 Å². The van der Waals surface area contributed by atoms with Gasteiger partial charge in [0.15, 0.2) is 5.96 Å². The molecule has 0 aromatic carbocycles. The molecular formula is C17H37IN4O3S. The Hall–Kier alpha value is -0.130. The minimum Gasteiger partial charge on any atom is -0.378 e. The first-order valence-corrected chi connectivity index (χ1v) is 11.1. The summed E-state index contributed by atoms with van der Waals surface area (Å²) >= 11 is 0. The van der Waals surface area contributed by atoms with E-state index < -0.39 is 10.0 Å². The Morgan fingerprint density at radius 2 is 1.88 bits per heavy atom. The topological polar surface area (TPSA) is 91.8 Å². The zero-order valence-corrected chi connectivity index (χ0v) is 19.7. The third-order valence-corrected chi connectivity index (χ3v) is 5.90. The molecule has 1 saturated carbocycles. The molecule has 0 heterocycles. The molecule has 0 radical (unpaired) electrons. The summed E-state index contributed by atoms with van der Waals surface area (Å²) in [6.45, 7) is 8.64. The van der Waals surface area contributed by atoms with Gasteiger partial charge in [-0.2, -0.15) is 0 Å². The molecule has 1 unspecified atom stereocenters. The maximum Gasteiger partial charge on any atom is 0.213 e. The lowest BCUT2D eigenvalue weighted by atomic mass is 9.86. The average molecular weight is 504 g/mol. The number of hydrogen-bond acceptors (Lipinski definition) is 4. The quantitative estimate of drug-likeness (QED) is 0.215. The van der Waals surface area contributed by atoms with Crippen LogP contribution in [0.4, 0.5) is 0 Å². The van der Waals surface area contributed by atoms with Crippen LogP contribution in [0.3, 0.4) is 0 Å². The van der Waals surface area contributed by atoms with Crippen molar-refractivity contribution in [3.8, 4) is 0 Å². The zero-order chi connectivity index (χ0) is 18.7. The van der Waals surface area contributed by atoms with Crippen LogP contribution in [0.1, 0.15) is 46.5 Å². The lowest BCUT2D eigenvalue weighted by Crippen LogP contribution is -2.43. The van der Waals surface area contributed by atoms with Crippen molar-refractivity contribution in [2.75, 3.05) is 39.0 Å². The number of halogens is 1. The third-order valence-electron chi connectivity index (χ3n) is 4.55. The molecule has 156 valence electrons. The van der Waals surface area contributed by atoms with E-state index in [4.69, 9.17) is 4.74 Å². The van der Waals surface area contributed by atoms with Crippen LogP contribution in [-0.2, 0) is 14.8 Å². The normalized spacial score (nSPS) is 16.7. The van der Waals surface area contributed by atoms with Crippen molar-refractivity contribution in [1.29, 1.82) is 0 Å². The summed E-state index contributed by atoms with van der Waals surface area (Å²) in [4.78, 5) is 4.13. The van der Waals surface area contributed by atoms with Crippen molar-refractivity contribution in [2.45, 2.75) is 52.6 Å². The zero-order valence-electron chi connectivity index (χ0n) is 16.6. The van der Waals surface area contributed by atoms with E-state index in [9.17, 15) is 8.42 Å². The highest BCUT2D eigenvalue weighted by atomic mass is 127. The molecule has 0 aromatic rings. The molecule has 1 aliphatic rings. The monoisotopic (exact) mass is 504 g/mol. The summed E-state index contributed by atoms with van der Waals surface area (Å²) in [7, 11) is -1.54. The van der Waals surface area contributed by atoms with Gasteiger partial charge in [0.05, 0.1) is 11.9 Å². The predicted octanol–water partition coefficient (Wildman–Crippen LogP) is 1.94. The van der Waals surface area contributed by atoms with Crippen LogP contribution in [0.2, 0.25) is 0 Å². The summed E-state index contributed by atoms with van der Waals surface area (Å²) in [6.07, 6.45) is 4.59. The molecule has 1 rings (SSSR count). The molecule has 1 aliphatic carbocycles. The Balaban J connectivity index is 0.00000625. The Kier molecular flexibility index (Phi) is 13.9. The lowest BCUT2D eigenvalue weighted by Gasteiger charge is -2.25. The van der Waals surface area contributed by atoms with Gasteiger partial charge in [-0.15, -0.1) is 24.0 Å². The van der Waals surface area contributed by atoms with Crippen molar-refractivity contribution in [2.24, 2.45) is 16.8 Å². The number of rotatable bonds is 12. The van der Waals surface area contributed by atoms with Crippen LogP contribution < -0.4 is 15.4 Å². The van der Waals surface area contributed by atoms with E-state index in [0.29, 0.717) is 37.5 Å². The molecular weight excluding hydrogens is 467 g/mol. The van der Waals surface area contributed by atoms with Gasteiger partial charge in [-0.05, 0) is 38.0 Å². The molecule has 0 spiro atoms. The second-order valence-corrected chi connectivity index (χ2v) is 8.84. The third kappa shape index (κ3) is 10.9. The fraction of sp³-hybridized carbons (Fsp3) is 0.941. The molecule has 0 aromatic heterocycles. The first kappa shape index (κ1) is 25.9. The molecule has 7 nitrogen and oxygen atoms in total. The number of hydrogen-bond donors (Lipinski definition) is 3. The second-order valence-electron chi connectivity index (χ2n) is 6.92. The average Bonchev–Trinajstić information content (AvgIpc) is 2.50. The molecule has 1 atom stereocenters. The molecule has 0 amide bonds. The van der Waals surface area contributed by atoms with E-state index in [-0.39, 0.29) is 35.8 Å². The highest BCUT2D eigenvalue weighted by Crippen LogP contribution is 2.25.